The summed E-state index contributed by atoms with van der Waals surface area (Å²) in [6.45, 7) is 17.5. The van der Waals surface area contributed by atoms with E-state index in [0.717, 1.165) is 38.4 Å². The van der Waals surface area contributed by atoms with Gasteiger partial charge in [0.25, 0.3) is 0 Å². The second-order valence-electron chi connectivity index (χ2n) is 16.7. The number of Topliss-reactive ketones (excluding diaryl/α,β-unsaturated/α-hetero) is 1. The third kappa shape index (κ3) is 10.0. The highest BCUT2D eigenvalue weighted by molar-refractivity contribution is 7.88. The zero-order valence-corrected chi connectivity index (χ0v) is 31.9. The summed E-state index contributed by atoms with van der Waals surface area (Å²) in [5.74, 6) is -1.27. The first kappa shape index (κ1) is 40.9. The molecule has 3 rings (SSSR count). The number of hydrogen-bond donors (Lipinski definition) is 5. The van der Waals surface area contributed by atoms with E-state index in [1.165, 1.54) is 17.4 Å². The minimum Gasteiger partial charge on any atom is -0.371 e. The summed E-state index contributed by atoms with van der Waals surface area (Å²) in [6, 6.07) is -3.95. The number of hydrogen-bond acceptors (Lipinski definition) is 8. The van der Waals surface area contributed by atoms with Crippen molar-refractivity contribution in [2.24, 2.45) is 28.1 Å². The van der Waals surface area contributed by atoms with Gasteiger partial charge in [0, 0.05) is 32.7 Å². The van der Waals surface area contributed by atoms with Gasteiger partial charge < -0.3 is 26.0 Å². The maximum Gasteiger partial charge on any atom is 0.315 e. The molecule has 280 valence electrons. The van der Waals surface area contributed by atoms with Crippen LogP contribution in [0.2, 0.25) is 0 Å². The predicted octanol–water partition coefficient (Wildman–Crippen LogP) is 2.36. The Bertz CT molecular complexity index is 1340. The zero-order chi connectivity index (χ0) is 37.1. The van der Waals surface area contributed by atoms with Gasteiger partial charge in [0.05, 0.1) is 12.3 Å². The molecule has 0 aromatic rings. The van der Waals surface area contributed by atoms with Crippen molar-refractivity contribution in [2.75, 3.05) is 32.9 Å². The molecule has 4 amide bonds. The fourth-order valence-electron chi connectivity index (χ4n) is 7.41. The van der Waals surface area contributed by atoms with Gasteiger partial charge in [-0.15, -0.1) is 6.58 Å². The van der Waals surface area contributed by atoms with Crippen LogP contribution in [0.3, 0.4) is 0 Å². The van der Waals surface area contributed by atoms with Crippen molar-refractivity contribution in [3.8, 4) is 0 Å². The maximum atomic E-state index is 14.6. The Kier molecular flexibility index (Phi) is 13.2. The van der Waals surface area contributed by atoms with Gasteiger partial charge >= 0.3 is 6.03 Å². The van der Waals surface area contributed by atoms with Crippen LogP contribution >= 0.6 is 0 Å². The summed E-state index contributed by atoms with van der Waals surface area (Å²) >= 11 is 0. The fraction of sp³-hybridized carbons (Fsp3) is 0.829. The summed E-state index contributed by atoms with van der Waals surface area (Å²) in [7, 11) is -2.04. The number of carbonyl (C=O) groups is 4. The smallest absolute Gasteiger partial charge is 0.315 e. The molecule has 5 N–H and O–H groups in total. The van der Waals surface area contributed by atoms with Crippen LogP contribution in [0.1, 0.15) is 93.4 Å². The molecule has 0 aromatic carbocycles. The van der Waals surface area contributed by atoms with Crippen molar-refractivity contribution in [1.29, 1.82) is 0 Å². The van der Waals surface area contributed by atoms with Gasteiger partial charge in [-0.3, -0.25) is 19.7 Å². The van der Waals surface area contributed by atoms with E-state index in [2.05, 4.69) is 27.8 Å². The van der Waals surface area contributed by atoms with E-state index >= 15 is 0 Å². The second kappa shape index (κ2) is 15.8. The van der Waals surface area contributed by atoms with Gasteiger partial charge in [-0.05, 0) is 60.2 Å². The van der Waals surface area contributed by atoms with Gasteiger partial charge in [-0.1, -0.05) is 67.4 Å². The highest BCUT2D eigenvalue weighted by atomic mass is 32.2. The Morgan fingerprint density at radius 2 is 1.67 bits per heavy atom. The SMILES string of the molecule is C=CCNC(O)C(=O)C(CCCC)NC(=O)[C@@H]1[C@H]2CCC3(CC3)[C@H]2CN1C(=O)[C@@H](NC(=O)N[C@H](CN(C)S(C)(=O)=O)C(C)(C)C)C(C)(C)C. The van der Waals surface area contributed by atoms with Crippen LogP contribution in [0.15, 0.2) is 12.7 Å². The van der Waals surface area contributed by atoms with Gasteiger partial charge in [0.2, 0.25) is 21.8 Å². The lowest BCUT2D eigenvalue weighted by Crippen LogP contribution is -2.62. The molecule has 1 heterocycles. The fourth-order valence-corrected chi connectivity index (χ4v) is 7.83. The molecule has 49 heavy (non-hydrogen) atoms. The third-order valence-corrected chi connectivity index (χ3v) is 12.1. The van der Waals surface area contributed by atoms with Crippen molar-refractivity contribution >= 4 is 33.7 Å². The number of likely N-dealkylation sites (N-methyl/N-ethyl adjacent to an activating group) is 1. The van der Waals surface area contributed by atoms with Gasteiger partial charge in [0.1, 0.15) is 12.1 Å². The number of sulfonamides is 1. The monoisotopic (exact) mass is 710 g/mol. The van der Waals surface area contributed by atoms with Crippen LogP contribution in [-0.4, -0.2) is 110 Å². The molecule has 2 saturated carbocycles. The molecule has 0 radical (unpaired) electrons. The molecule has 7 atom stereocenters. The van der Waals surface area contributed by atoms with Crippen LogP contribution < -0.4 is 21.3 Å². The standard InChI is InChI=1S/C35H62N6O7S/c1-11-13-14-24(27(42)30(44)36-19-12-2)37-29(43)26-22-15-16-35(17-18-35)23(22)20-41(26)31(45)28(34(6,7)8)39-32(46)38-25(33(3,4)5)21-40(9)49(10,47)48/h12,22-26,28,30,36,44H,2,11,13-21H2,1,3-10H3,(H,37,43)(H2,38,39,46)/t22-,23-,24?,25+,26-,28+,30?/m0/s1. The Morgan fingerprint density at radius 3 is 2.18 bits per heavy atom. The highest BCUT2D eigenvalue weighted by Crippen LogP contribution is 2.66. The Labute approximate surface area is 293 Å². The molecular weight excluding hydrogens is 648 g/mol. The molecule has 3 fully saturated rings. The van der Waals surface area contributed by atoms with Crippen LogP contribution in [-0.2, 0) is 24.4 Å². The molecule has 1 spiro atoms. The molecule has 13 nitrogen and oxygen atoms in total. The number of likely N-dealkylation sites (tertiary alicyclic amines) is 1. The van der Waals surface area contributed by atoms with E-state index in [0.29, 0.717) is 19.4 Å². The van der Waals surface area contributed by atoms with Crippen molar-refractivity contribution in [3.63, 3.8) is 0 Å². The van der Waals surface area contributed by atoms with E-state index in [4.69, 9.17) is 0 Å². The van der Waals surface area contributed by atoms with E-state index in [9.17, 15) is 32.7 Å². The Balaban J connectivity index is 1.89. The molecule has 3 aliphatic rings. The summed E-state index contributed by atoms with van der Waals surface area (Å²) < 4.78 is 25.5. The summed E-state index contributed by atoms with van der Waals surface area (Å²) in [5.41, 5.74) is -1.13. The quantitative estimate of drug-likeness (QED) is 0.120. The third-order valence-electron chi connectivity index (χ3n) is 10.8. The summed E-state index contributed by atoms with van der Waals surface area (Å²) in [4.78, 5) is 57.3. The summed E-state index contributed by atoms with van der Waals surface area (Å²) in [6.07, 6.45) is 6.87. The van der Waals surface area contributed by atoms with Crippen molar-refractivity contribution in [3.05, 3.63) is 12.7 Å². The zero-order valence-electron chi connectivity index (χ0n) is 31.1. The maximum absolute atomic E-state index is 14.6. The highest BCUT2D eigenvalue weighted by Gasteiger charge is 2.64. The topological polar surface area (TPSA) is 177 Å². The molecular formula is C35H62N6O7S. The first-order valence-corrected chi connectivity index (χ1v) is 19.6. The Morgan fingerprint density at radius 1 is 1.04 bits per heavy atom. The number of rotatable bonds is 16. The number of nitrogens with zero attached hydrogens (tertiary/aromatic N) is 2. The number of carbonyl (C=O) groups excluding carboxylic acids is 4. The minimum absolute atomic E-state index is 0.0411. The lowest BCUT2D eigenvalue weighted by Gasteiger charge is -2.38. The first-order chi connectivity index (χ1) is 22.6. The van der Waals surface area contributed by atoms with Crippen molar-refractivity contribution < 1.29 is 32.7 Å². The first-order valence-electron chi connectivity index (χ1n) is 17.7. The lowest BCUT2D eigenvalue weighted by molar-refractivity contribution is -0.144. The largest absolute Gasteiger partial charge is 0.371 e. The van der Waals surface area contributed by atoms with E-state index in [1.54, 1.807) is 4.90 Å². The molecule has 0 bridgehead atoms. The number of urea groups is 1. The van der Waals surface area contributed by atoms with Crippen LogP contribution in [0.25, 0.3) is 0 Å². The van der Waals surface area contributed by atoms with Crippen LogP contribution in [0.5, 0.6) is 0 Å². The number of aliphatic hydroxyl groups is 1. The molecule has 2 unspecified atom stereocenters. The summed E-state index contributed by atoms with van der Waals surface area (Å²) in [5, 5.41) is 21.9. The molecule has 1 saturated heterocycles. The number of fused-ring (bicyclic) bond motifs is 2. The van der Waals surface area contributed by atoms with Gasteiger partial charge in [-0.2, -0.15) is 0 Å². The van der Waals surface area contributed by atoms with Crippen LogP contribution in [0.4, 0.5) is 4.79 Å². The Hall–Kier alpha value is -2.55. The average molecular weight is 711 g/mol. The predicted molar refractivity (Wildman–Crippen MR) is 190 cm³/mol. The van der Waals surface area contributed by atoms with Gasteiger partial charge in [0.15, 0.2) is 12.0 Å². The number of amides is 4. The minimum atomic E-state index is -3.50. The number of nitrogens with one attached hydrogen (secondary N) is 4. The van der Waals surface area contributed by atoms with E-state index < -0.39 is 69.0 Å². The van der Waals surface area contributed by atoms with Crippen molar-refractivity contribution in [2.45, 2.75) is 124 Å². The lowest BCUT2D eigenvalue weighted by atomic mass is 9.85. The average Bonchev–Trinajstić information content (AvgIpc) is 3.56. The molecule has 1 aliphatic heterocycles. The second-order valence-corrected chi connectivity index (χ2v) is 18.8. The molecule has 0 aromatic heterocycles. The van der Waals surface area contributed by atoms with Gasteiger partial charge in [-0.25, -0.2) is 17.5 Å². The molecule has 2 aliphatic carbocycles. The van der Waals surface area contributed by atoms with E-state index in [-0.39, 0.29) is 36.2 Å². The normalized spacial score (nSPS) is 24.1. The molecule has 14 heteroatoms. The van der Waals surface area contributed by atoms with Crippen molar-refractivity contribution in [1.82, 2.24) is 30.5 Å². The number of unbranched alkanes of at least 4 members (excludes halogenated alkanes) is 1. The number of aliphatic hydroxyl groups excluding tert-OH is 1. The van der Waals surface area contributed by atoms with Crippen LogP contribution in [0, 0.1) is 28.1 Å². The number of ketones is 1. The van der Waals surface area contributed by atoms with E-state index in [1.807, 2.05) is 48.5 Å².